The van der Waals surface area contributed by atoms with Crippen LogP contribution in [0.5, 0.6) is 0 Å². The topological polar surface area (TPSA) is 49.4 Å². The molecule has 0 saturated carbocycles. The van der Waals surface area contributed by atoms with E-state index >= 15 is 0 Å². The molecule has 1 fully saturated rings. The van der Waals surface area contributed by atoms with Gasteiger partial charge in [0.1, 0.15) is 5.37 Å². The van der Waals surface area contributed by atoms with Gasteiger partial charge in [0.15, 0.2) is 0 Å². The molecular formula is C27H25F3N2O2S. The molecule has 3 aromatic rings. The lowest BCUT2D eigenvalue weighted by atomic mass is 9.87. The Kier molecular flexibility index (Phi) is 6.68. The fourth-order valence-electron chi connectivity index (χ4n) is 3.86. The first-order valence-corrected chi connectivity index (χ1v) is 12.1. The van der Waals surface area contributed by atoms with Crippen LogP contribution in [-0.2, 0) is 16.4 Å². The zero-order valence-corrected chi connectivity index (χ0v) is 20.3. The number of hydrogen-bond acceptors (Lipinski definition) is 3. The van der Waals surface area contributed by atoms with Crippen LogP contribution in [0.25, 0.3) is 0 Å². The third-order valence-electron chi connectivity index (χ3n) is 5.78. The molecule has 2 amide bonds. The summed E-state index contributed by atoms with van der Waals surface area (Å²) in [6, 6.07) is 19.2. The van der Waals surface area contributed by atoms with Crippen LogP contribution < -0.4 is 10.2 Å². The highest BCUT2D eigenvalue weighted by molar-refractivity contribution is 8.00. The molecule has 0 bridgehead atoms. The van der Waals surface area contributed by atoms with Crippen LogP contribution in [-0.4, -0.2) is 17.6 Å². The molecule has 0 aromatic heterocycles. The summed E-state index contributed by atoms with van der Waals surface area (Å²) in [4.78, 5) is 26.9. The lowest BCUT2D eigenvalue weighted by Crippen LogP contribution is -2.28. The highest BCUT2D eigenvalue weighted by Crippen LogP contribution is 2.43. The highest BCUT2D eigenvalue weighted by atomic mass is 32.2. The predicted molar refractivity (Wildman–Crippen MR) is 134 cm³/mol. The van der Waals surface area contributed by atoms with Crippen molar-refractivity contribution < 1.29 is 22.8 Å². The van der Waals surface area contributed by atoms with E-state index in [2.05, 4.69) is 26.1 Å². The van der Waals surface area contributed by atoms with Crippen molar-refractivity contribution in [1.29, 1.82) is 0 Å². The van der Waals surface area contributed by atoms with E-state index in [1.165, 1.54) is 28.8 Å². The fraction of sp³-hybridized carbons (Fsp3) is 0.259. The van der Waals surface area contributed by atoms with Gasteiger partial charge in [0.05, 0.1) is 11.3 Å². The quantitative estimate of drug-likeness (QED) is 0.420. The summed E-state index contributed by atoms with van der Waals surface area (Å²) in [5.74, 6) is -0.229. The number of nitrogens with one attached hydrogen (secondary N) is 1. The number of nitrogens with zero attached hydrogens (tertiary/aromatic N) is 1. The SMILES string of the molecule is CC(C)(C)c1ccc(C(=O)Nc2cccc([C@@H]3SCC(=O)N3c3ccc(C(F)(F)F)cc3)c2)cc1. The van der Waals surface area contributed by atoms with Crippen molar-refractivity contribution >= 4 is 35.0 Å². The minimum atomic E-state index is -4.44. The van der Waals surface area contributed by atoms with E-state index in [-0.39, 0.29) is 23.0 Å². The Morgan fingerprint density at radius 3 is 2.17 bits per heavy atom. The first kappa shape index (κ1) is 24.9. The smallest absolute Gasteiger partial charge is 0.322 e. The van der Waals surface area contributed by atoms with Gasteiger partial charge in [-0.15, -0.1) is 11.8 Å². The first-order valence-electron chi connectivity index (χ1n) is 11.1. The number of benzene rings is 3. The number of anilines is 2. The molecule has 1 aliphatic heterocycles. The Morgan fingerprint density at radius 1 is 0.943 bits per heavy atom. The van der Waals surface area contributed by atoms with Gasteiger partial charge in [0.25, 0.3) is 5.91 Å². The normalized spacial score (nSPS) is 16.5. The van der Waals surface area contributed by atoms with E-state index in [0.717, 1.165) is 23.3 Å². The maximum absolute atomic E-state index is 12.9. The van der Waals surface area contributed by atoms with Crippen molar-refractivity contribution in [1.82, 2.24) is 0 Å². The molecule has 3 aromatic carbocycles. The van der Waals surface area contributed by atoms with Crippen LogP contribution in [0.4, 0.5) is 24.5 Å². The van der Waals surface area contributed by atoms with E-state index in [4.69, 9.17) is 0 Å². The number of hydrogen-bond donors (Lipinski definition) is 1. The summed E-state index contributed by atoms with van der Waals surface area (Å²) in [6.45, 7) is 6.31. The molecule has 0 radical (unpaired) electrons. The first-order chi connectivity index (χ1) is 16.4. The molecule has 1 atom stereocenters. The highest BCUT2D eigenvalue weighted by Gasteiger charge is 2.35. The molecular weight excluding hydrogens is 473 g/mol. The average molecular weight is 499 g/mol. The Labute approximate surface area is 206 Å². The molecule has 1 N–H and O–H groups in total. The summed E-state index contributed by atoms with van der Waals surface area (Å²) < 4.78 is 38.8. The molecule has 8 heteroatoms. The largest absolute Gasteiger partial charge is 0.416 e. The Balaban J connectivity index is 1.53. The zero-order chi connectivity index (χ0) is 25.4. The van der Waals surface area contributed by atoms with Crippen LogP contribution in [0.15, 0.2) is 72.8 Å². The third-order valence-corrected chi connectivity index (χ3v) is 7.00. The second-order valence-electron chi connectivity index (χ2n) is 9.38. The van der Waals surface area contributed by atoms with E-state index in [9.17, 15) is 22.8 Å². The molecule has 1 aliphatic rings. The standard InChI is InChI=1S/C27H25F3N2O2S/c1-26(2,3)19-9-7-17(8-10-19)24(34)31-21-6-4-5-18(15-21)25-32(23(33)16-35-25)22-13-11-20(12-14-22)27(28,29)30/h4-15,25H,16H2,1-3H3,(H,31,34)/t25-/m0/s1. The molecule has 1 saturated heterocycles. The molecule has 0 spiro atoms. The summed E-state index contributed by atoms with van der Waals surface area (Å²) in [5, 5.41) is 2.48. The van der Waals surface area contributed by atoms with E-state index < -0.39 is 17.1 Å². The maximum atomic E-state index is 12.9. The van der Waals surface area contributed by atoms with Gasteiger partial charge in [-0.2, -0.15) is 13.2 Å². The number of alkyl halides is 3. The van der Waals surface area contributed by atoms with Gasteiger partial charge in [-0.25, -0.2) is 0 Å². The molecule has 1 heterocycles. The minimum absolute atomic E-state index is 0.0152. The van der Waals surface area contributed by atoms with Crippen molar-refractivity contribution in [2.45, 2.75) is 37.7 Å². The molecule has 0 aliphatic carbocycles. The molecule has 4 nitrogen and oxygen atoms in total. The third kappa shape index (κ3) is 5.53. The number of halogens is 3. The van der Waals surface area contributed by atoms with Gasteiger partial charge in [-0.3, -0.25) is 14.5 Å². The number of carbonyl (C=O) groups is 2. The maximum Gasteiger partial charge on any atom is 0.416 e. The van der Waals surface area contributed by atoms with Crippen molar-refractivity contribution in [3.63, 3.8) is 0 Å². The number of carbonyl (C=O) groups excluding carboxylic acids is 2. The summed E-state index contributed by atoms with van der Waals surface area (Å²) >= 11 is 1.39. The van der Waals surface area contributed by atoms with Crippen molar-refractivity contribution in [3.8, 4) is 0 Å². The van der Waals surface area contributed by atoms with E-state index in [1.54, 1.807) is 30.3 Å². The number of thioether (sulfide) groups is 1. The van der Waals surface area contributed by atoms with Gasteiger partial charge in [-0.05, 0) is 65.1 Å². The second kappa shape index (κ2) is 9.41. The molecule has 4 rings (SSSR count). The lowest BCUT2D eigenvalue weighted by molar-refractivity contribution is -0.137. The van der Waals surface area contributed by atoms with Crippen LogP contribution in [0.2, 0.25) is 0 Å². The monoisotopic (exact) mass is 498 g/mol. The van der Waals surface area contributed by atoms with Gasteiger partial charge in [0, 0.05) is 16.9 Å². The van der Waals surface area contributed by atoms with Crippen molar-refractivity contribution in [3.05, 3.63) is 95.1 Å². The Hall–Kier alpha value is -3.26. The Morgan fingerprint density at radius 2 is 1.57 bits per heavy atom. The van der Waals surface area contributed by atoms with Gasteiger partial charge in [0.2, 0.25) is 5.91 Å². The lowest BCUT2D eigenvalue weighted by Gasteiger charge is -2.25. The second-order valence-corrected chi connectivity index (χ2v) is 10.4. The van der Waals surface area contributed by atoms with Crippen LogP contribution >= 0.6 is 11.8 Å². The van der Waals surface area contributed by atoms with Gasteiger partial charge < -0.3 is 5.32 Å². The molecule has 35 heavy (non-hydrogen) atoms. The summed E-state index contributed by atoms with van der Waals surface area (Å²) in [5.41, 5.74) is 2.60. The van der Waals surface area contributed by atoms with Gasteiger partial charge in [-0.1, -0.05) is 45.0 Å². The van der Waals surface area contributed by atoms with Crippen molar-refractivity contribution in [2.24, 2.45) is 0 Å². The average Bonchev–Trinajstić information content (AvgIpc) is 3.19. The summed E-state index contributed by atoms with van der Waals surface area (Å²) in [7, 11) is 0. The number of amides is 2. The summed E-state index contributed by atoms with van der Waals surface area (Å²) in [6.07, 6.45) is -4.44. The van der Waals surface area contributed by atoms with Crippen LogP contribution in [0.1, 0.15) is 53.2 Å². The van der Waals surface area contributed by atoms with E-state index in [0.29, 0.717) is 16.9 Å². The Bertz CT molecular complexity index is 1230. The van der Waals surface area contributed by atoms with E-state index in [1.807, 2.05) is 18.2 Å². The van der Waals surface area contributed by atoms with Crippen LogP contribution in [0.3, 0.4) is 0 Å². The van der Waals surface area contributed by atoms with Gasteiger partial charge >= 0.3 is 6.18 Å². The molecule has 182 valence electrons. The fourth-order valence-corrected chi connectivity index (χ4v) is 5.02. The number of rotatable bonds is 4. The van der Waals surface area contributed by atoms with Crippen molar-refractivity contribution in [2.75, 3.05) is 16.0 Å². The predicted octanol–water partition coefficient (Wildman–Crippen LogP) is 7.03. The minimum Gasteiger partial charge on any atom is -0.322 e. The molecule has 0 unspecified atom stereocenters. The van der Waals surface area contributed by atoms with Crippen LogP contribution in [0, 0.1) is 0 Å². The zero-order valence-electron chi connectivity index (χ0n) is 19.5.